The Kier molecular flexibility index (Phi) is 6.43. The highest BCUT2D eigenvalue weighted by molar-refractivity contribution is 7.80. The van der Waals surface area contributed by atoms with Crippen LogP contribution < -0.4 is 15.5 Å². The first kappa shape index (κ1) is 20.0. The molecule has 7 nitrogen and oxygen atoms in total. The van der Waals surface area contributed by atoms with Crippen LogP contribution in [-0.2, 0) is 0 Å². The van der Waals surface area contributed by atoms with Gasteiger partial charge >= 0.3 is 0 Å². The number of nitrogens with zero attached hydrogens (tertiary/aromatic N) is 2. The second-order valence-electron chi connectivity index (χ2n) is 6.39. The number of nitro groups is 1. The molecule has 0 unspecified atom stereocenters. The number of piperidine rings is 1. The lowest BCUT2D eigenvalue weighted by Gasteiger charge is -2.30. The molecule has 1 aliphatic rings. The van der Waals surface area contributed by atoms with Crippen molar-refractivity contribution in [2.75, 3.05) is 23.3 Å². The average molecular weight is 419 g/mol. The van der Waals surface area contributed by atoms with Crippen molar-refractivity contribution in [3.63, 3.8) is 0 Å². The van der Waals surface area contributed by atoms with Crippen LogP contribution in [0.15, 0.2) is 42.5 Å². The Morgan fingerprint density at radius 3 is 2.54 bits per heavy atom. The first-order valence-corrected chi connectivity index (χ1v) is 9.64. The zero-order valence-electron chi connectivity index (χ0n) is 15.0. The van der Waals surface area contributed by atoms with E-state index in [0.717, 1.165) is 43.4 Å². The fourth-order valence-electron chi connectivity index (χ4n) is 3.12. The van der Waals surface area contributed by atoms with Gasteiger partial charge in [0.05, 0.1) is 26.9 Å². The number of anilines is 2. The minimum absolute atomic E-state index is 0.0109. The summed E-state index contributed by atoms with van der Waals surface area (Å²) in [5.41, 5.74) is 1.77. The number of amides is 1. The highest BCUT2D eigenvalue weighted by atomic mass is 35.5. The molecule has 0 spiro atoms. The van der Waals surface area contributed by atoms with Gasteiger partial charge in [0.15, 0.2) is 5.11 Å². The molecular weight excluding hydrogens is 400 g/mol. The number of nitro benzene ring substituents is 1. The van der Waals surface area contributed by atoms with E-state index in [1.807, 2.05) is 24.3 Å². The van der Waals surface area contributed by atoms with Gasteiger partial charge in [-0.25, -0.2) is 0 Å². The minimum Gasteiger partial charge on any atom is -0.370 e. The molecule has 1 heterocycles. The number of non-ortho nitro benzene ring substituents is 1. The van der Waals surface area contributed by atoms with Gasteiger partial charge < -0.3 is 10.2 Å². The first-order chi connectivity index (χ1) is 13.5. The molecule has 28 heavy (non-hydrogen) atoms. The molecule has 0 aromatic heterocycles. The van der Waals surface area contributed by atoms with E-state index in [2.05, 4.69) is 15.5 Å². The zero-order valence-corrected chi connectivity index (χ0v) is 16.6. The van der Waals surface area contributed by atoms with Gasteiger partial charge in [-0.1, -0.05) is 23.7 Å². The van der Waals surface area contributed by atoms with Crippen molar-refractivity contribution in [3.05, 3.63) is 63.2 Å². The van der Waals surface area contributed by atoms with Crippen LogP contribution in [0.1, 0.15) is 29.6 Å². The molecular formula is C19H19ClN4O3S. The molecule has 1 amide bonds. The van der Waals surface area contributed by atoms with E-state index in [9.17, 15) is 14.9 Å². The smallest absolute Gasteiger partial charge is 0.270 e. The van der Waals surface area contributed by atoms with Crippen LogP contribution in [0.4, 0.5) is 17.1 Å². The Morgan fingerprint density at radius 1 is 1.14 bits per heavy atom. The number of benzene rings is 2. The fourth-order valence-corrected chi connectivity index (χ4v) is 3.58. The number of hydrogen-bond acceptors (Lipinski definition) is 5. The summed E-state index contributed by atoms with van der Waals surface area (Å²) in [5, 5.41) is 16.5. The van der Waals surface area contributed by atoms with Crippen LogP contribution in [-0.4, -0.2) is 29.0 Å². The summed E-state index contributed by atoms with van der Waals surface area (Å²) in [6.45, 7) is 1.96. The van der Waals surface area contributed by atoms with Crippen LogP contribution in [0, 0.1) is 10.1 Å². The molecule has 0 aliphatic carbocycles. The van der Waals surface area contributed by atoms with Crippen LogP contribution >= 0.6 is 23.8 Å². The molecule has 2 aromatic carbocycles. The number of para-hydroxylation sites is 2. The molecule has 1 fully saturated rings. The third kappa shape index (κ3) is 4.76. The normalized spacial score (nSPS) is 13.7. The zero-order chi connectivity index (χ0) is 20.1. The Balaban J connectivity index is 1.69. The summed E-state index contributed by atoms with van der Waals surface area (Å²) in [4.78, 5) is 24.9. The van der Waals surface area contributed by atoms with E-state index in [1.54, 1.807) is 0 Å². The Labute approximate surface area is 172 Å². The lowest BCUT2D eigenvalue weighted by molar-refractivity contribution is -0.384. The highest BCUT2D eigenvalue weighted by Gasteiger charge is 2.18. The number of halogens is 1. The molecule has 0 atom stereocenters. The highest BCUT2D eigenvalue weighted by Crippen LogP contribution is 2.28. The second-order valence-corrected chi connectivity index (χ2v) is 7.21. The van der Waals surface area contributed by atoms with Crippen LogP contribution in [0.25, 0.3) is 0 Å². The van der Waals surface area contributed by atoms with E-state index in [1.165, 1.54) is 18.6 Å². The second kappa shape index (κ2) is 8.99. The van der Waals surface area contributed by atoms with Gasteiger partial charge in [-0.05, 0) is 49.7 Å². The number of rotatable bonds is 4. The fraction of sp³-hybridized carbons (Fsp3) is 0.263. The minimum atomic E-state index is -0.572. The maximum atomic E-state index is 12.4. The van der Waals surface area contributed by atoms with E-state index >= 15 is 0 Å². The maximum absolute atomic E-state index is 12.4. The quantitative estimate of drug-likeness (QED) is 0.435. The third-order valence-corrected chi connectivity index (χ3v) is 5.00. The van der Waals surface area contributed by atoms with Crippen molar-refractivity contribution in [1.82, 2.24) is 5.32 Å². The van der Waals surface area contributed by atoms with Gasteiger partial charge in [-0.2, -0.15) is 0 Å². The molecule has 0 saturated carbocycles. The van der Waals surface area contributed by atoms with Crippen LogP contribution in [0.2, 0.25) is 5.02 Å². The average Bonchev–Trinajstić information content (AvgIpc) is 2.68. The molecule has 3 rings (SSSR count). The number of carbonyl (C=O) groups excluding carboxylic acids is 1. The summed E-state index contributed by atoms with van der Waals surface area (Å²) < 4.78 is 0. The molecule has 2 N–H and O–H groups in total. The predicted octanol–water partition coefficient (Wildman–Crippen LogP) is 4.37. The SMILES string of the molecule is O=C(NC(=S)Nc1ccccc1N1CCCCC1)c1ccc([N+](=O)[O-])cc1Cl. The van der Waals surface area contributed by atoms with Crippen molar-refractivity contribution in [1.29, 1.82) is 0 Å². The first-order valence-electron chi connectivity index (χ1n) is 8.86. The van der Waals surface area contributed by atoms with E-state index in [0.29, 0.717) is 0 Å². The third-order valence-electron chi connectivity index (χ3n) is 4.48. The van der Waals surface area contributed by atoms with Gasteiger partial charge in [-0.3, -0.25) is 20.2 Å². The van der Waals surface area contributed by atoms with Gasteiger partial charge in [0.25, 0.3) is 11.6 Å². The number of hydrogen-bond donors (Lipinski definition) is 2. The lowest BCUT2D eigenvalue weighted by Crippen LogP contribution is -2.35. The van der Waals surface area contributed by atoms with Crippen molar-refractivity contribution in [2.24, 2.45) is 0 Å². The monoisotopic (exact) mass is 418 g/mol. The molecule has 0 bridgehead atoms. The van der Waals surface area contributed by atoms with Gasteiger partial charge in [-0.15, -0.1) is 0 Å². The largest absolute Gasteiger partial charge is 0.370 e. The van der Waals surface area contributed by atoms with Crippen molar-refractivity contribution in [2.45, 2.75) is 19.3 Å². The molecule has 1 aliphatic heterocycles. The molecule has 1 saturated heterocycles. The van der Waals surface area contributed by atoms with Gasteiger partial charge in [0.2, 0.25) is 0 Å². The predicted molar refractivity (Wildman–Crippen MR) is 114 cm³/mol. The maximum Gasteiger partial charge on any atom is 0.270 e. The summed E-state index contributed by atoms with van der Waals surface area (Å²) in [6, 6.07) is 11.5. The van der Waals surface area contributed by atoms with Crippen molar-refractivity contribution in [3.8, 4) is 0 Å². The summed E-state index contributed by atoms with van der Waals surface area (Å²) >= 11 is 11.3. The molecule has 2 aromatic rings. The Bertz CT molecular complexity index is 916. The lowest BCUT2D eigenvalue weighted by atomic mass is 10.1. The number of carbonyl (C=O) groups is 1. The summed E-state index contributed by atoms with van der Waals surface area (Å²) in [6.07, 6.45) is 3.53. The van der Waals surface area contributed by atoms with Gasteiger partial charge in [0.1, 0.15) is 0 Å². The van der Waals surface area contributed by atoms with Gasteiger partial charge in [0, 0.05) is 25.2 Å². The number of thiocarbonyl (C=S) groups is 1. The van der Waals surface area contributed by atoms with E-state index in [4.69, 9.17) is 23.8 Å². The molecule has 0 radical (unpaired) electrons. The van der Waals surface area contributed by atoms with Crippen molar-refractivity contribution >= 4 is 51.9 Å². The number of nitrogens with one attached hydrogen (secondary N) is 2. The standard InChI is InChI=1S/C19H19ClN4O3S/c20-15-12-13(24(26)27)8-9-14(15)18(25)22-19(28)21-16-6-2-3-7-17(16)23-10-4-1-5-11-23/h2-3,6-9,12H,1,4-5,10-11H2,(H2,21,22,25,28). The summed E-state index contributed by atoms with van der Waals surface area (Å²) in [7, 11) is 0. The van der Waals surface area contributed by atoms with Crippen molar-refractivity contribution < 1.29 is 9.72 Å². The Hall–Kier alpha value is -2.71. The van der Waals surface area contributed by atoms with Crippen LogP contribution in [0.5, 0.6) is 0 Å². The van der Waals surface area contributed by atoms with Crippen LogP contribution in [0.3, 0.4) is 0 Å². The Morgan fingerprint density at radius 2 is 1.86 bits per heavy atom. The van der Waals surface area contributed by atoms with E-state index < -0.39 is 10.8 Å². The molecule has 146 valence electrons. The van der Waals surface area contributed by atoms with E-state index in [-0.39, 0.29) is 21.4 Å². The topological polar surface area (TPSA) is 87.5 Å². The summed E-state index contributed by atoms with van der Waals surface area (Å²) in [5.74, 6) is -0.534. The molecule has 9 heteroatoms.